The maximum atomic E-state index is 12.8. The minimum absolute atomic E-state index is 0.122. The molecule has 7 heteroatoms. The number of hydrogen-bond acceptors (Lipinski definition) is 5. The number of nitrogens with zero attached hydrogens (tertiary/aromatic N) is 3. The van der Waals surface area contributed by atoms with Crippen LogP contribution in [0, 0.1) is 17.8 Å². The van der Waals surface area contributed by atoms with Gasteiger partial charge < -0.3 is 15.1 Å². The molecule has 0 radical (unpaired) electrons. The van der Waals surface area contributed by atoms with Crippen LogP contribution in [-0.4, -0.2) is 71.3 Å². The van der Waals surface area contributed by atoms with E-state index in [4.69, 9.17) is 4.99 Å². The molecule has 1 N–H and O–H groups in total. The molecule has 2 aliphatic heterocycles. The first kappa shape index (κ1) is 22.1. The quantitative estimate of drug-likeness (QED) is 0.669. The Labute approximate surface area is 185 Å². The van der Waals surface area contributed by atoms with Crippen molar-refractivity contribution in [3.63, 3.8) is 0 Å². The summed E-state index contributed by atoms with van der Waals surface area (Å²) in [5, 5.41) is 3.94. The zero-order chi connectivity index (χ0) is 21.3. The molecule has 0 aromatic rings. The Morgan fingerprint density at radius 1 is 1.23 bits per heavy atom. The summed E-state index contributed by atoms with van der Waals surface area (Å²) >= 11 is 1.65. The number of likely N-dealkylation sites (tertiary alicyclic amines) is 1. The molecule has 1 unspecified atom stereocenters. The predicted octanol–water partition coefficient (Wildman–Crippen LogP) is 3.12. The standard InChI is InChI=1S/C23H38N4O2S/c1-23(15-16-8-11-27(12-9-16)20(28)5-4-10-26(2)3)21(29)25-22(30-23)24-19-14-17-6-7-18(19)13-17/h16-19H,4-15H2,1-3H3,(H,24,25,29)/t17-,18+,19+,23?/m1/s1. The number of carbonyl (C=O) groups excluding carboxylic acids is 2. The average molecular weight is 435 g/mol. The van der Waals surface area contributed by atoms with Crippen molar-refractivity contribution in [2.45, 2.75) is 75.5 Å². The van der Waals surface area contributed by atoms with E-state index in [9.17, 15) is 9.59 Å². The van der Waals surface area contributed by atoms with Gasteiger partial charge in [-0.1, -0.05) is 18.2 Å². The van der Waals surface area contributed by atoms with E-state index in [1.54, 1.807) is 11.8 Å². The first-order valence-electron chi connectivity index (χ1n) is 11.8. The number of thioether (sulfide) groups is 1. The van der Waals surface area contributed by atoms with Crippen LogP contribution in [0.25, 0.3) is 0 Å². The maximum absolute atomic E-state index is 12.8. The van der Waals surface area contributed by atoms with E-state index in [-0.39, 0.29) is 11.8 Å². The van der Waals surface area contributed by atoms with E-state index in [0.717, 1.165) is 62.3 Å². The lowest BCUT2D eigenvalue weighted by Crippen LogP contribution is -2.42. The number of hydrogen-bond donors (Lipinski definition) is 1. The Hall–Kier alpha value is -1.08. The zero-order valence-electron chi connectivity index (χ0n) is 18.9. The van der Waals surface area contributed by atoms with Crippen molar-refractivity contribution in [3.8, 4) is 0 Å². The highest BCUT2D eigenvalue weighted by molar-refractivity contribution is 8.16. The fraction of sp³-hybridized carbons (Fsp3) is 0.870. The molecule has 30 heavy (non-hydrogen) atoms. The molecule has 0 aromatic carbocycles. The zero-order valence-corrected chi connectivity index (χ0v) is 19.7. The molecule has 0 aromatic heterocycles. The van der Waals surface area contributed by atoms with Gasteiger partial charge in [0.05, 0.1) is 10.8 Å². The van der Waals surface area contributed by atoms with Crippen LogP contribution in [0.2, 0.25) is 0 Å². The average Bonchev–Trinajstić information content (AvgIpc) is 3.37. The summed E-state index contributed by atoms with van der Waals surface area (Å²) in [6.45, 7) is 4.70. The van der Waals surface area contributed by atoms with E-state index in [2.05, 4.69) is 17.1 Å². The van der Waals surface area contributed by atoms with E-state index >= 15 is 0 Å². The highest BCUT2D eigenvalue weighted by Crippen LogP contribution is 2.47. The largest absolute Gasteiger partial charge is 0.343 e. The van der Waals surface area contributed by atoms with Crippen LogP contribution in [0.1, 0.15) is 64.7 Å². The van der Waals surface area contributed by atoms with Gasteiger partial charge in [-0.2, -0.15) is 0 Å². The van der Waals surface area contributed by atoms with Crippen LogP contribution in [0.3, 0.4) is 0 Å². The van der Waals surface area contributed by atoms with Crippen LogP contribution in [0.5, 0.6) is 0 Å². The van der Waals surface area contributed by atoms with Crippen molar-refractivity contribution in [1.82, 2.24) is 15.1 Å². The van der Waals surface area contributed by atoms with Gasteiger partial charge in [0, 0.05) is 19.5 Å². The first-order chi connectivity index (χ1) is 14.3. The summed E-state index contributed by atoms with van der Waals surface area (Å²) < 4.78 is -0.418. The Kier molecular flexibility index (Phi) is 6.78. The van der Waals surface area contributed by atoms with Gasteiger partial charge in [0.2, 0.25) is 11.8 Å². The van der Waals surface area contributed by atoms with Crippen LogP contribution in [-0.2, 0) is 9.59 Å². The van der Waals surface area contributed by atoms with Gasteiger partial charge >= 0.3 is 0 Å². The molecule has 2 bridgehead atoms. The van der Waals surface area contributed by atoms with Crippen molar-refractivity contribution >= 4 is 28.7 Å². The smallest absolute Gasteiger partial charge is 0.242 e. The molecule has 4 atom stereocenters. The minimum Gasteiger partial charge on any atom is -0.343 e. The molecule has 2 saturated heterocycles. The number of carbonyl (C=O) groups is 2. The predicted molar refractivity (Wildman–Crippen MR) is 123 cm³/mol. The van der Waals surface area contributed by atoms with Crippen molar-refractivity contribution in [1.29, 1.82) is 0 Å². The molecule has 4 fully saturated rings. The molecule has 2 saturated carbocycles. The van der Waals surface area contributed by atoms with Gasteiger partial charge in [0.25, 0.3) is 0 Å². The molecule has 4 rings (SSSR count). The molecular weight excluding hydrogens is 396 g/mol. The van der Waals surface area contributed by atoms with Gasteiger partial charge in [-0.25, -0.2) is 0 Å². The molecule has 2 aliphatic carbocycles. The Morgan fingerprint density at radius 2 is 2.00 bits per heavy atom. The van der Waals surface area contributed by atoms with Crippen molar-refractivity contribution in [2.24, 2.45) is 22.7 Å². The second-order valence-corrected chi connectivity index (χ2v) is 11.9. The van der Waals surface area contributed by atoms with Crippen molar-refractivity contribution in [2.75, 3.05) is 33.7 Å². The lowest BCUT2D eigenvalue weighted by atomic mass is 9.87. The number of piperidine rings is 1. The molecule has 2 amide bonds. The number of amides is 2. The van der Waals surface area contributed by atoms with Crippen molar-refractivity contribution < 1.29 is 9.59 Å². The Bertz CT molecular complexity index is 689. The molecular formula is C23H38N4O2S. The number of amidine groups is 1. The third-order valence-corrected chi connectivity index (χ3v) is 8.85. The Morgan fingerprint density at radius 3 is 2.63 bits per heavy atom. The van der Waals surface area contributed by atoms with Crippen LogP contribution < -0.4 is 5.32 Å². The summed E-state index contributed by atoms with van der Waals surface area (Å²) in [5.41, 5.74) is 0. The fourth-order valence-electron chi connectivity index (χ4n) is 5.87. The lowest BCUT2D eigenvalue weighted by Gasteiger charge is -2.34. The Balaban J connectivity index is 1.24. The van der Waals surface area contributed by atoms with Crippen LogP contribution in [0.4, 0.5) is 0 Å². The molecule has 168 valence electrons. The minimum atomic E-state index is -0.418. The molecule has 6 nitrogen and oxygen atoms in total. The van der Waals surface area contributed by atoms with E-state index in [1.807, 2.05) is 19.0 Å². The van der Waals surface area contributed by atoms with Gasteiger partial charge in [0.15, 0.2) is 5.17 Å². The molecule has 2 heterocycles. The summed E-state index contributed by atoms with van der Waals surface area (Å²) in [5.74, 6) is 2.52. The number of nitrogens with one attached hydrogen (secondary N) is 1. The first-order valence-corrected chi connectivity index (χ1v) is 12.6. The number of rotatable bonds is 7. The fourth-order valence-corrected chi connectivity index (χ4v) is 7.09. The third kappa shape index (κ3) is 5.04. The van der Waals surface area contributed by atoms with Gasteiger partial charge in [-0.15, -0.1) is 0 Å². The van der Waals surface area contributed by atoms with Gasteiger partial charge in [0.1, 0.15) is 0 Å². The highest BCUT2D eigenvalue weighted by Gasteiger charge is 2.46. The molecule has 4 aliphatic rings. The number of aliphatic imine (C=N–C) groups is 1. The van der Waals surface area contributed by atoms with Crippen LogP contribution >= 0.6 is 11.8 Å². The summed E-state index contributed by atoms with van der Waals surface area (Å²) in [7, 11) is 4.09. The van der Waals surface area contributed by atoms with Gasteiger partial charge in [-0.05, 0) is 90.3 Å². The highest BCUT2D eigenvalue weighted by atomic mass is 32.2. The van der Waals surface area contributed by atoms with Gasteiger partial charge in [-0.3, -0.25) is 14.6 Å². The second kappa shape index (κ2) is 9.19. The topological polar surface area (TPSA) is 65.0 Å². The van der Waals surface area contributed by atoms with E-state index < -0.39 is 4.75 Å². The van der Waals surface area contributed by atoms with E-state index in [0.29, 0.717) is 18.4 Å². The third-order valence-electron chi connectivity index (χ3n) is 7.65. The van der Waals surface area contributed by atoms with Crippen LogP contribution in [0.15, 0.2) is 4.99 Å². The van der Waals surface area contributed by atoms with Crippen molar-refractivity contribution in [3.05, 3.63) is 0 Å². The normalized spacial score (nSPS) is 35.6. The number of fused-ring (bicyclic) bond motifs is 2. The summed E-state index contributed by atoms with van der Waals surface area (Å²) in [6, 6.07) is 0.427. The SMILES string of the molecule is CN(C)CCCC(=O)N1CCC(CC2(C)SC(=N[C@H]3C[C@@H]4CC[C@H]3C4)NC2=O)CC1. The second-order valence-electron chi connectivity index (χ2n) is 10.4. The lowest BCUT2D eigenvalue weighted by molar-refractivity contribution is -0.133. The monoisotopic (exact) mass is 434 g/mol. The molecule has 0 spiro atoms. The van der Waals surface area contributed by atoms with E-state index in [1.165, 1.54) is 25.7 Å². The maximum Gasteiger partial charge on any atom is 0.242 e. The summed E-state index contributed by atoms with van der Waals surface area (Å²) in [6.07, 6.45) is 9.68. The summed E-state index contributed by atoms with van der Waals surface area (Å²) in [4.78, 5) is 34.3.